The van der Waals surface area contributed by atoms with Gasteiger partial charge in [0.05, 0.1) is 16.6 Å². The minimum atomic E-state index is -0.306. The Bertz CT molecular complexity index is 888. The van der Waals surface area contributed by atoms with Crippen molar-refractivity contribution in [3.63, 3.8) is 0 Å². The summed E-state index contributed by atoms with van der Waals surface area (Å²) < 4.78 is 13.8. The Hall–Kier alpha value is -2.47. The number of amides is 1. The van der Waals surface area contributed by atoms with Gasteiger partial charge >= 0.3 is 0 Å². The minimum absolute atomic E-state index is 0.0971. The third-order valence-corrected chi connectivity index (χ3v) is 5.14. The molecule has 0 saturated carbocycles. The quantitative estimate of drug-likeness (QED) is 0.772. The van der Waals surface area contributed by atoms with Crippen molar-refractivity contribution in [2.75, 3.05) is 6.54 Å². The number of hydrogen-bond acceptors (Lipinski definition) is 3. The van der Waals surface area contributed by atoms with E-state index in [2.05, 4.69) is 10.2 Å². The summed E-state index contributed by atoms with van der Waals surface area (Å²) in [6, 6.07) is 10.1. The summed E-state index contributed by atoms with van der Waals surface area (Å²) in [5.74, 6) is -0.397. The van der Waals surface area contributed by atoms with Gasteiger partial charge in [0.15, 0.2) is 5.69 Å². The van der Waals surface area contributed by atoms with Gasteiger partial charge in [0.2, 0.25) is 0 Å². The first-order valence-corrected chi connectivity index (χ1v) is 8.77. The highest BCUT2D eigenvalue weighted by Gasteiger charge is 2.42. The van der Waals surface area contributed by atoms with Crippen molar-refractivity contribution in [3.05, 3.63) is 64.4 Å². The number of rotatable bonds is 4. The van der Waals surface area contributed by atoms with Crippen molar-refractivity contribution >= 4 is 17.2 Å². The van der Waals surface area contributed by atoms with Gasteiger partial charge in [-0.25, -0.2) is 4.39 Å². The molecule has 4 rings (SSSR count). The zero-order chi connectivity index (χ0) is 16.7. The molecule has 1 aromatic carbocycles. The molecule has 3 heterocycles. The first-order valence-electron chi connectivity index (χ1n) is 7.89. The third kappa shape index (κ3) is 2.26. The second-order valence-electron chi connectivity index (χ2n) is 5.79. The van der Waals surface area contributed by atoms with Crippen molar-refractivity contribution in [2.45, 2.75) is 19.4 Å². The number of carbonyl (C=O) groups excluding carboxylic acids is 1. The number of nitrogens with zero attached hydrogens (tertiary/aromatic N) is 2. The standard InChI is InChI=1S/C18H16FN3OS/c1-2-8-22-17(11-5-3-6-12(19)10-11)14-15(13-7-4-9-24-13)20-21-16(14)18(22)23/h3-7,9-10,17H,2,8H2,1H3,(H,20,21). The lowest BCUT2D eigenvalue weighted by molar-refractivity contribution is 0.0743. The lowest BCUT2D eigenvalue weighted by Crippen LogP contribution is -2.30. The summed E-state index contributed by atoms with van der Waals surface area (Å²) in [5, 5.41) is 9.25. The van der Waals surface area contributed by atoms with Crippen molar-refractivity contribution in [1.29, 1.82) is 0 Å². The fraction of sp³-hybridized carbons (Fsp3) is 0.222. The molecule has 122 valence electrons. The largest absolute Gasteiger partial charge is 0.326 e. The molecule has 1 aliphatic heterocycles. The Morgan fingerprint density at radius 3 is 2.92 bits per heavy atom. The van der Waals surface area contributed by atoms with E-state index in [0.29, 0.717) is 12.2 Å². The van der Waals surface area contributed by atoms with Crippen LogP contribution in [0.2, 0.25) is 0 Å². The molecule has 0 aliphatic carbocycles. The fourth-order valence-corrected chi connectivity index (χ4v) is 4.03. The Morgan fingerprint density at radius 1 is 1.33 bits per heavy atom. The summed E-state index contributed by atoms with van der Waals surface area (Å²) in [6.45, 7) is 2.64. The maximum atomic E-state index is 13.8. The summed E-state index contributed by atoms with van der Waals surface area (Å²) in [7, 11) is 0. The molecule has 0 saturated heterocycles. The SMILES string of the molecule is CCCN1C(=O)c2n[nH]c(-c3cccs3)c2C1c1cccc(F)c1. The van der Waals surface area contributed by atoms with Crippen LogP contribution in [-0.4, -0.2) is 27.5 Å². The van der Waals surface area contributed by atoms with Gasteiger partial charge in [-0.15, -0.1) is 11.3 Å². The molecule has 1 atom stereocenters. The first kappa shape index (κ1) is 15.1. The van der Waals surface area contributed by atoms with E-state index in [1.807, 2.05) is 30.5 Å². The van der Waals surface area contributed by atoms with Crippen LogP contribution >= 0.6 is 11.3 Å². The van der Waals surface area contributed by atoms with Gasteiger partial charge in [-0.2, -0.15) is 5.10 Å². The number of benzene rings is 1. The Morgan fingerprint density at radius 2 is 2.21 bits per heavy atom. The Labute approximate surface area is 142 Å². The lowest BCUT2D eigenvalue weighted by Gasteiger charge is -2.26. The van der Waals surface area contributed by atoms with Gasteiger partial charge in [-0.3, -0.25) is 9.89 Å². The van der Waals surface area contributed by atoms with Gasteiger partial charge in [0.1, 0.15) is 5.82 Å². The molecule has 1 N–H and O–H groups in total. The normalized spacial score (nSPS) is 16.7. The molecule has 0 fully saturated rings. The van der Waals surface area contributed by atoms with Crippen LogP contribution in [0.15, 0.2) is 41.8 Å². The van der Waals surface area contributed by atoms with E-state index in [-0.39, 0.29) is 17.8 Å². The molecule has 0 radical (unpaired) electrons. The van der Waals surface area contributed by atoms with Crippen molar-refractivity contribution in [3.8, 4) is 10.6 Å². The average Bonchev–Trinajstić information content (AvgIpc) is 3.27. The topological polar surface area (TPSA) is 49.0 Å². The summed E-state index contributed by atoms with van der Waals surface area (Å²) in [5.41, 5.74) is 2.92. The molecule has 1 unspecified atom stereocenters. The zero-order valence-electron chi connectivity index (χ0n) is 13.1. The number of aromatic amines is 1. The number of nitrogens with one attached hydrogen (secondary N) is 1. The van der Waals surface area contributed by atoms with Crippen molar-refractivity contribution in [1.82, 2.24) is 15.1 Å². The van der Waals surface area contributed by atoms with E-state index >= 15 is 0 Å². The number of H-pyrrole nitrogens is 1. The lowest BCUT2D eigenvalue weighted by atomic mass is 9.98. The number of thiophene rings is 1. The maximum absolute atomic E-state index is 13.8. The van der Waals surface area contributed by atoms with Crippen LogP contribution in [0.3, 0.4) is 0 Å². The minimum Gasteiger partial charge on any atom is -0.326 e. The van der Waals surface area contributed by atoms with Crippen LogP contribution in [0.4, 0.5) is 4.39 Å². The number of halogens is 1. The molecule has 4 nitrogen and oxygen atoms in total. The molecule has 0 bridgehead atoms. The molecular formula is C18H16FN3OS. The number of aromatic nitrogens is 2. The van der Waals surface area contributed by atoms with Crippen LogP contribution < -0.4 is 0 Å². The maximum Gasteiger partial charge on any atom is 0.275 e. The summed E-state index contributed by atoms with van der Waals surface area (Å²) >= 11 is 1.59. The van der Waals surface area contributed by atoms with Crippen molar-refractivity contribution in [2.24, 2.45) is 0 Å². The van der Waals surface area contributed by atoms with E-state index in [0.717, 1.165) is 28.1 Å². The number of carbonyl (C=O) groups is 1. The predicted octanol–water partition coefficient (Wildman–Crippen LogP) is 4.23. The second-order valence-corrected chi connectivity index (χ2v) is 6.74. The highest BCUT2D eigenvalue weighted by atomic mass is 32.1. The molecule has 2 aromatic heterocycles. The van der Waals surface area contributed by atoms with Crippen LogP contribution in [0.1, 0.15) is 41.0 Å². The van der Waals surface area contributed by atoms with E-state index in [1.54, 1.807) is 22.3 Å². The second kappa shape index (κ2) is 5.87. The first-order chi connectivity index (χ1) is 11.7. The van der Waals surface area contributed by atoms with Crippen molar-refractivity contribution < 1.29 is 9.18 Å². The van der Waals surface area contributed by atoms with E-state index in [9.17, 15) is 9.18 Å². The predicted molar refractivity (Wildman–Crippen MR) is 91.5 cm³/mol. The highest BCUT2D eigenvalue weighted by Crippen LogP contribution is 2.43. The zero-order valence-corrected chi connectivity index (χ0v) is 13.9. The average molecular weight is 341 g/mol. The molecular weight excluding hydrogens is 325 g/mol. The molecule has 24 heavy (non-hydrogen) atoms. The van der Waals surface area contributed by atoms with Gasteiger partial charge in [-0.1, -0.05) is 25.1 Å². The van der Waals surface area contributed by atoms with Crippen LogP contribution in [0.25, 0.3) is 10.6 Å². The van der Waals surface area contributed by atoms with Crippen LogP contribution in [-0.2, 0) is 0 Å². The highest BCUT2D eigenvalue weighted by molar-refractivity contribution is 7.13. The van der Waals surface area contributed by atoms with E-state index < -0.39 is 0 Å². The summed E-state index contributed by atoms with van der Waals surface area (Å²) in [4.78, 5) is 15.6. The monoisotopic (exact) mass is 341 g/mol. The van der Waals surface area contributed by atoms with E-state index in [1.165, 1.54) is 12.1 Å². The molecule has 6 heteroatoms. The Balaban J connectivity index is 1.90. The van der Waals surface area contributed by atoms with Gasteiger partial charge < -0.3 is 4.90 Å². The smallest absolute Gasteiger partial charge is 0.275 e. The van der Waals surface area contributed by atoms with Crippen LogP contribution in [0, 0.1) is 5.82 Å². The van der Waals surface area contributed by atoms with Gasteiger partial charge in [-0.05, 0) is 35.6 Å². The molecule has 0 spiro atoms. The molecule has 3 aromatic rings. The van der Waals surface area contributed by atoms with E-state index in [4.69, 9.17) is 0 Å². The number of hydrogen-bond donors (Lipinski definition) is 1. The fourth-order valence-electron chi connectivity index (χ4n) is 3.29. The van der Waals surface area contributed by atoms with Crippen LogP contribution in [0.5, 0.6) is 0 Å². The Kier molecular flexibility index (Phi) is 3.69. The molecule has 1 amide bonds. The number of fused-ring (bicyclic) bond motifs is 1. The molecule has 1 aliphatic rings. The third-order valence-electron chi connectivity index (χ3n) is 4.25. The van der Waals surface area contributed by atoms with Gasteiger partial charge in [0.25, 0.3) is 5.91 Å². The van der Waals surface area contributed by atoms with Gasteiger partial charge in [0, 0.05) is 12.1 Å². The summed E-state index contributed by atoms with van der Waals surface area (Å²) in [6.07, 6.45) is 0.833.